The smallest absolute Gasteiger partial charge is 0.358 e. The summed E-state index contributed by atoms with van der Waals surface area (Å²) in [6.45, 7) is 2.38. The molecule has 2 atom stereocenters. The van der Waals surface area contributed by atoms with E-state index >= 15 is 0 Å². The van der Waals surface area contributed by atoms with Gasteiger partial charge in [0.15, 0.2) is 10.8 Å². The van der Waals surface area contributed by atoms with Crippen LogP contribution in [0, 0.1) is 6.92 Å². The maximum absolute atomic E-state index is 13.1. The second kappa shape index (κ2) is 11.1. The van der Waals surface area contributed by atoms with Crippen LogP contribution in [-0.2, 0) is 28.7 Å². The molecule has 2 aliphatic rings. The van der Waals surface area contributed by atoms with Gasteiger partial charge in [0.05, 0.1) is 0 Å². The van der Waals surface area contributed by atoms with Crippen molar-refractivity contribution in [1.82, 2.24) is 24.8 Å². The van der Waals surface area contributed by atoms with Crippen LogP contribution in [0.15, 0.2) is 27.9 Å². The van der Waals surface area contributed by atoms with Crippen molar-refractivity contribution in [1.29, 1.82) is 0 Å². The third-order valence-electron chi connectivity index (χ3n) is 5.14. The van der Waals surface area contributed by atoms with Gasteiger partial charge in [0.25, 0.3) is 11.8 Å². The Labute approximate surface area is 221 Å². The number of oxime groups is 1. The molecule has 0 spiro atoms. The molecule has 17 heteroatoms. The number of β-lactam (4-membered cyclic amide) rings is 1. The molecular formula is C20H19N7O7S3. The van der Waals surface area contributed by atoms with E-state index in [4.69, 9.17) is 10.5 Å². The highest BCUT2D eigenvalue weighted by molar-refractivity contribution is 8.00. The van der Waals surface area contributed by atoms with Gasteiger partial charge in [-0.3, -0.25) is 19.3 Å². The van der Waals surface area contributed by atoms with Crippen LogP contribution < -0.4 is 11.1 Å². The largest absolute Gasteiger partial charge is 0.428 e. The Kier molecular flexibility index (Phi) is 7.84. The van der Waals surface area contributed by atoms with Gasteiger partial charge in [-0.2, -0.15) is 0 Å². The van der Waals surface area contributed by atoms with E-state index in [0.717, 1.165) is 23.1 Å². The Hall–Kier alpha value is -3.83. The molecule has 2 aromatic rings. The van der Waals surface area contributed by atoms with Gasteiger partial charge in [0.1, 0.15) is 28.5 Å². The van der Waals surface area contributed by atoms with Gasteiger partial charge >= 0.3 is 11.9 Å². The average Bonchev–Trinajstić information content (AvgIpc) is 3.48. The Bertz CT molecular complexity index is 1350. The van der Waals surface area contributed by atoms with Crippen molar-refractivity contribution >= 4 is 75.3 Å². The Morgan fingerprint density at radius 1 is 1.35 bits per heavy atom. The molecule has 0 bridgehead atoms. The molecule has 0 radical (unpaired) electrons. The van der Waals surface area contributed by atoms with Crippen LogP contribution >= 0.6 is 34.6 Å². The predicted molar refractivity (Wildman–Crippen MR) is 133 cm³/mol. The lowest BCUT2D eigenvalue weighted by Crippen LogP contribution is -2.71. The average molecular weight is 566 g/mol. The fourth-order valence-electron chi connectivity index (χ4n) is 3.39. The number of carbonyl (C=O) groups excluding carboxylic acids is 4. The molecule has 4 heterocycles. The number of rotatable bonds is 8. The molecule has 2 aliphatic heterocycles. The summed E-state index contributed by atoms with van der Waals surface area (Å²) >= 11 is 3.57. The highest BCUT2D eigenvalue weighted by Gasteiger charge is 2.54. The number of hydrogen-bond donors (Lipinski definition) is 3. The van der Waals surface area contributed by atoms with E-state index in [1.54, 1.807) is 12.2 Å². The number of nitrogens with zero attached hydrogens (tertiary/aromatic N) is 5. The first-order valence-corrected chi connectivity index (χ1v) is 13.1. The molecule has 4 N–H and O–H groups in total. The van der Waals surface area contributed by atoms with Crippen molar-refractivity contribution in [3.63, 3.8) is 0 Å². The lowest BCUT2D eigenvalue weighted by molar-refractivity contribution is -0.166. The van der Waals surface area contributed by atoms with Crippen LogP contribution in [-0.4, -0.2) is 78.1 Å². The Balaban J connectivity index is 1.56. The number of allylic oxidation sites excluding steroid dienone is 1. The van der Waals surface area contributed by atoms with E-state index in [9.17, 15) is 24.4 Å². The van der Waals surface area contributed by atoms with Crippen molar-refractivity contribution in [3.8, 4) is 0 Å². The van der Waals surface area contributed by atoms with Crippen LogP contribution in [0.3, 0.4) is 0 Å². The van der Waals surface area contributed by atoms with Crippen molar-refractivity contribution in [3.05, 3.63) is 39.0 Å². The molecule has 4 rings (SSSR count). The standard InChI is InChI=1S/C20H19N7O7S3/c1-8-11(24-26-37-8)4-3-10-5-35-18-14(23-16(29)13(25-32)12-6-36-20(21)22-12)17(30)27(18)15(10)19(31)34-7-33-9(2)28/h3-4,6,14,18,32H,5,7H2,1-2H3,(H2,21,22)(H,23,29)/b4-3-,25-13-/t14?,18-/m1/s1. The zero-order chi connectivity index (χ0) is 26.7. The normalized spacial score (nSPS) is 19.5. The minimum absolute atomic E-state index is 0.0492. The molecule has 2 amide bonds. The van der Waals surface area contributed by atoms with E-state index in [1.807, 2.05) is 6.92 Å². The summed E-state index contributed by atoms with van der Waals surface area (Å²) < 4.78 is 13.6. The summed E-state index contributed by atoms with van der Waals surface area (Å²) in [5.74, 6) is -2.66. The van der Waals surface area contributed by atoms with E-state index in [2.05, 4.69) is 29.8 Å². The first-order valence-electron chi connectivity index (χ1n) is 10.4. The summed E-state index contributed by atoms with van der Waals surface area (Å²) in [7, 11) is 0. The second-order valence-corrected chi connectivity index (χ2v) is 10.4. The number of hydrogen-bond acceptors (Lipinski definition) is 15. The van der Waals surface area contributed by atoms with Gasteiger partial charge in [-0.25, -0.2) is 9.78 Å². The third kappa shape index (κ3) is 5.47. The van der Waals surface area contributed by atoms with Gasteiger partial charge in [0, 0.05) is 22.9 Å². The Morgan fingerprint density at radius 3 is 2.76 bits per heavy atom. The summed E-state index contributed by atoms with van der Waals surface area (Å²) in [5.41, 5.74) is 6.25. The number of ether oxygens (including phenoxy) is 2. The molecule has 194 valence electrons. The monoisotopic (exact) mass is 565 g/mol. The third-order valence-corrected chi connectivity index (χ3v) is 7.76. The van der Waals surface area contributed by atoms with Crippen molar-refractivity contribution in [2.75, 3.05) is 18.3 Å². The molecule has 37 heavy (non-hydrogen) atoms. The lowest BCUT2D eigenvalue weighted by Gasteiger charge is -2.49. The Morgan fingerprint density at radius 2 is 2.14 bits per heavy atom. The number of aromatic nitrogens is 3. The van der Waals surface area contributed by atoms with E-state index < -0.39 is 47.7 Å². The van der Waals surface area contributed by atoms with Gasteiger partial charge in [0.2, 0.25) is 6.79 Å². The topological polar surface area (TPSA) is 199 Å². The van der Waals surface area contributed by atoms with Crippen molar-refractivity contribution in [2.45, 2.75) is 25.3 Å². The molecule has 1 fully saturated rings. The van der Waals surface area contributed by atoms with E-state index in [0.29, 0.717) is 11.3 Å². The second-order valence-electron chi connectivity index (χ2n) is 7.49. The molecular weight excluding hydrogens is 546 g/mol. The fourth-order valence-corrected chi connectivity index (χ4v) is 5.71. The van der Waals surface area contributed by atoms with Gasteiger partial charge in [-0.1, -0.05) is 15.7 Å². The van der Waals surface area contributed by atoms with Crippen molar-refractivity contribution in [2.24, 2.45) is 5.16 Å². The number of thiazole rings is 1. The maximum atomic E-state index is 13.1. The van der Waals surface area contributed by atoms with Crippen LogP contribution in [0.5, 0.6) is 0 Å². The molecule has 2 aromatic heterocycles. The highest BCUT2D eigenvalue weighted by Crippen LogP contribution is 2.41. The number of amides is 2. The zero-order valence-electron chi connectivity index (χ0n) is 19.2. The molecule has 1 unspecified atom stereocenters. The molecule has 14 nitrogen and oxygen atoms in total. The predicted octanol–water partition coefficient (Wildman–Crippen LogP) is 0.495. The van der Waals surface area contributed by atoms with Gasteiger partial charge < -0.3 is 25.7 Å². The van der Waals surface area contributed by atoms with Gasteiger partial charge in [-0.15, -0.1) is 28.2 Å². The fraction of sp³-hybridized carbons (Fsp3) is 0.300. The SMILES string of the molecule is CC(=O)OCOC(=O)C1=C(/C=C\c2nnsc2C)CS[C@@H]2C(NC(=O)/C(=N\O)c3csc(N)n3)C(=O)N12. The first-order chi connectivity index (χ1) is 17.7. The van der Waals surface area contributed by atoms with E-state index in [1.165, 1.54) is 33.6 Å². The lowest BCUT2D eigenvalue weighted by atomic mass is 10.0. The number of anilines is 1. The summed E-state index contributed by atoms with van der Waals surface area (Å²) in [5, 5.41) is 19.8. The zero-order valence-corrected chi connectivity index (χ0v) is 21.7. The summed E-state index contributed by atoms with van der Waals surface area (Å²) in [4.78, 5) is 55.8. The van der Waals surface area contributed by atoms with Crippen LogP contribution in [0.2, 0.25) is 0 Å². The number of esters is 2. The van der Waals surface area contributed by atoms with Crippen LogP contribution in [0.4, 0.5) is 5.13 Å². The number of thioether (sulfide) groups is 1. The molecule has 0 aromatic carbocycles. The highest BCUT2D eigenvalue weighted by atomic mass is 32.2. The minimum Gasteiger partial charge on any atom is -0.428 e. The molecule has 0 saturated carbocycles. The van der Waals surface area contributed by atoms with Gasteiger partial charge in [-0.05, 0) is 30.1 Å². The van der Waals surface area contributed by atoms with Crippen LogP contribution in [0.25, 0.3) is 6.08 Å². The molecule has 1 saturated heterocycles. The number of fused-ring (bicyclic) bond motifs is 1. The summed E-state index contributed by atoms with van der Waals surface area (Å²) in [6, 6.07) is -1.02. The van der Waals surface area contributed by atoms with Crippen LogP contribution in [0.1, 0.15) is 23.2 Å². The number of nitrogens with two attached hydrogens (primary N) is 1. The summed E-state index contributed by atoms with van der Waals surface area (Å²) in [6.07, 6.45) is 3.30. The van der Waals surface area contributed by atoms with Crippen molar-refractivity contribution < 1.29 is 33.9 Å². The minimum atomic E-state index is -1.02. The number of nitrogen functional groups attached to an aromatic ring is 1. The number of carbonyl (C=O) groups is 4. The maximum Gasteiger partial charge on any atom is 0.358 e. The number of nitrogens with one attached hydrogen (secondary N) is 1. The number of aryl methyl sites for hydroxylation is 1. The molecule has 0 aliphatic carbocycles. The quantitative estimate of drug-likeness (QED) is 0.100. The first kappa shape index (κ1) is 26.2. The van der Waals surface area contributed by atoms with E-state index in [-0.39, 0.29) is 22.3 Å².